The van der Waals surface area contributed by atoms with Crippen molar-refractivity contribution in [1.29, 1.82) is 0 Å². The molecule has 1 aliphatic heterocycles. The van der Waals surface area contributed by atoms with Gasteiger partial charge in [0.1, 0.15) is 11.3 Å². The number of aryl methyl sites for hydroxylation is 4. The zero-order chi connectivity index (χ0) is 28.4. The van der Waals surface area contributed by atoms with Crippen molar-refractivity contribution in [2.75, 3.05) is 16.8 Å². The predicted octanol–water partition coefficient (Wildman–Crippen LogP) is 6.13. The molecular formula is C29H25Br2N3O5. The summed E-state index contributed by atoms with van der Waals surface area (Å²) in [6.45, 7) is 7.52. The Morgan fingerprint density at radius 3 is 2.13 bits per heavy atom. The van der Waals surface area contributed by atoms with E-state index in [1.165, 1.54) is 6.08 Å². The molecule has 0 aromatic heterocycles. The number of barbiturate groups is 1. The number of hydrogen-bond donors (Lipinski definition) is 2. The van der Waals surface area contributed by atoms with Crippen LogP contribution in [0.15, 0.2) is 63.0 Å². The van der Waals surface area contributed by atoms with Crippen LogP contribution < -0.4 is 20.3 Å². The minimum Gasteiger partial charge on any atom is -0.481 e. The molecule has 3 aromatic rings. The molecule has 1 heterocycles. The van der Waals surface area contributed by atoms with Crippen LogP contribution in [0.2, 0.25) is 0 Å². The lowest BCUT2D eigenvalue weighted by Gasteiger charge is -2.27. The van der Waals surface area contributed by atoms with Gasteiger partial charge in [0.25, 0.3) is 17.7 Å². The van der Waals surface area contributed by atoms with Crippen molar-refractivity contribution in [3.8, 4) is 5.75 Å². The average Bonchev–Trinajstić information content (AvgIpc) is 2.85. The third kappa shape index (κ3) is 6.29. The van der Waals surface area contributed by atoms with Crippen LogP contribution in [0, 0.1) is 27.7 Å². The van der Waals surface area contributed by atoms with Crippen LogP contribution in [0.3, 0.4) is 0 Å². The summed E-state index contributed by atoms with van der Waals surface area (Å²) in [5.41, 5.74) is 5.44. The number of ether oxygens (including phenoxy) is 1. The molecule has 8 nitrogen and oxygen atoms in total. The van der Waals surface area contributed by atoms with Crippen LogP contribution >= 0.6 is 31.9 Å². The first-order valence-electron chi connectivity index (χ1n) is 11.9. The van der Waals surface area contributed by atoms with Gasteiger partial charge in [-0.25, -0.2) is 9.69 Å². The Balaban J connectivity index is 1.52. The van der Waals surface area contributed by atoms with Crippen molar-refractivity contribution in [1.82, 2.24) is 5.32 Å². The highest BCUT2D eigenvalue weighted by Crippen LogP contribution is 2.36. The van der Waals surface area contributed by atoms with Gasteiger partial charge in [-0.1, -0.05) is 12.1 Å². The minimum absolute atomic E-state index is 0.201. The molecule has 0 bridgehead atoms. The molecule has 3 aromatic carbocycles. The summed E-state index contributed by atoms with van der Waals surface area (Å²) in [4.78, 5) is 51.7. The summed E-state index contributed by atoms with van der Waals surface area (Å²) < 4.78 is 6.71. The normalized spacial score (nSPS) is 14.5. The predicted molar refractivity (Wildman–Crippen MR) is 157 cm³/mol. The number of amides is 5. The lowest BCUT2D eigenvalue weighted by atomic mass is 10.1. The van der Waals surface area contributed by atoms with Gasteiger partial charge >= 0.3 is 6.03 Å². The first-order valence-corrected chi connectivity index (χ1v) is 13.5. The maximum absolute atomic E-state index is 13.2. The third-order valence-electron chi connectivity index (χ3n) is 6.32. The molecule has 0 spiro atoms. The number of halogens is 2. The van der Waals surface area contributed by atoms with Crippen molar-refractivity contribution in [2.45, 2.75) is 27.7 Å². The second-order valence-corrected chi connectivity index (χ2v) is 10.9. The number of benzene rings is 3. The van der Waals surface area contributed by atoms with Crippen LogP contribution in [0.5, 0.6) is 5.75 Å². The van der Waals surface area contributed by atoms with Crippen molar-refractivity contribution < 1.29 is 23.9 Å². The highest BCUT2D eigenvalue weighted by Gasteiger charge is 2.37. The highest BCUT2D eigenvalue weighted by atomic mass is 79.9. The summed E-state index contributed by atoms with van der Waals surface area (Å²) in [7, 11) is 0. The van der Waals surface area contributed by atoms with Gasteiger partial charge in [-0.05, 0) is 130 Å². The van der Waals surface area contributed by atoms with E-state index in [2.05, 4.69) is 42.5 Å². The fourth-order valence-electron chi connectivity index (χ4n) is 3.88. The summed E-state index contributed by atoms with van der Waals surface area (Å²) in [5.74, 6) is -1.48. The van der Waals surface area contributed by atoms with Crippen molar-refractivity contribution in [2.24, 2.45) is 0 Å². The van der Waals surface area contributed by atoms with Gasteiger partial charge in [0.2, 0.25) is 0 Å². The van der Waals surface area contributed by atoms with E-state index >= 15 is 0 Å². The Hall–Kier alpha value is -3.76. The molecule has 0 radical (unpaired) electrons. The largest absolute Gasteiger partial charge is 0.481 e. The van der Waals surface area contributed by atoms with E-state index in [9.17, 15) is 19.2 Å². The SMILES string of the molecule is Cc1ccc(NC(=O)COc2c(Br)cc(/C=C3/C(=O)NC(=O)N(c4ccc(C)c(C)c4)C3=O)cc2Br)cc1C. The average molecular weight is 655 g/mol. The van der Waals surface area contributed by atoms with Crippen LogP contribution in [-0.4, -0.2) is 30.4 Å². The number of rotatable bonds is 6. The number of nitrogens with one attached hydrogen (secondary N) is 2. The van der Waals surface area contributed by atoms with Gasteiger partial charge in [0.15, 0.2) is 6.61 Å². The number of carbonyl (C=O) groups excluding carboxylic acids is 4. The first kappa shape index (κ1) is 28.3. The Morgan fingerprint density at radius 1 is 0.897 bits per heavy atom. The Kier molecular flexibility index (Phi) is 8.36. The topological polar surface area (TPSA) is 105 Å². The van der Waals surface area contributed by atoms with Gasteiger partial charge < -0.3 is 10.1 Å². The van der Waals surface area contributed by atoms with Crippen molar-refractivity contribution in [3.63, 3.8) is 0 Å². The maximum atomic E-state index is 13.2. The molecule has 0 unspecified atom stereocenters. The molecule has 1 aliphatic rings. The number of carbonyl (C=O) groups is 4. The third-order valence-corrected chi connectivity index (χ3v) is 7.50. The number of nitrogens with zero attached hydrogens (tertiary/aromatic N) is 1. The van der Waals surface area contributed by atoms with E-state index in [1.54, 1.807) is 30.3 Å². The van der Waals surface area contributed by atoms with Gasteiger partial charge in [-0.2, -0.15) is 0 Å². The molecule has 10 heteroatoms. The monoisotopic (exact) mass is 653 g/mol. The molecule has 1 saturated heterocycles. The van der Waals surface area contributed by atoms with Crippen molar-refractivity contribution in [3.05, 3.63) is 90.9 Å². The summed E-state index contributed by atoms with van der Waals surface area (Å²) in [5, 5.41) is 5.03. The Bertz CT molecular complexity index is 1540. The van der Waals surface area contributed by atoms with Crippen LogP contribution in [-0.2, 0) is 14.4 Å². The number of urea groups is 1. The Labute approximate surface area is 242 Å². The molecule has 5 amide bonds. The van der Waals surface area contributed by atoms with E-state index in [4.69, 9.17) is 4.74 Å². The molecule has 0 aliphatic carbocycles. The number of anilines is 2. The molecule has 0 saturated carbocycles. The molecule has 2 N–H and O–H groups in total. The smallest absolute Gasteiger partial charge is 0.335 e. The first-order chi connectivity index (χ1) is 18.4. The van der Waals surface area contributed by atoms with E-state index in [-0.39, 0.29) is 18.1 Å². The molecule has 0 atom stereocenters. The van der Waals surface area contributed by atoms with Gasteiger partial charge in [0.05, 0.1) is 14.6 Å². The van der Waals surface area contributed by atoms with Gasteiger partial charge in [-0.15, -0.1) is 0 Å². The second-order valence-electron chi connectivity index (χ2n) is 9.18. The second kappa shape index (κ2) is 11.5. The zero-order valence-corrected chi connectivity index (χ0v) is 24.8. The minimum atomic E-state index is -0.810. The summed E-state index contributed by atoms with van der Waals surface area (Å²) in [6.07, 6.45) is 1.39. The van der Waals surface area contributed by atoms with Crippen molar-refractivity contribution >= 4 is 73.1 Å². The van der Waals surface area contributed by atoms with Crippen LogP contribution in [0.25, 0.3) is 6.08 Å². The highest BCUT2D eigenvalue weighted by molar-refractivity contribution is 9.11. The molecular weight excluding hydrogens is 630 g/mol. The Morgan fingerprint density at radius 2 is 1.51 bits per heavy atom. The summed E-state index contributed by atoms with van der Waals surface area (Å²) in [6, 6.07) is 13.3. The fraction of sp³-hybridized carbons (Fsp3) is 0.172. The lowest BCUT2D eigenvalue weighted by molar-refractivity contribution is -0.122. The van der Waals surface area contributed by atoms with Gasteiger partial charge in [-0.3, -0.25) is 19.7 Å². The number of imide groups is 2. The lowest BCUT2D eigenvalue weighted by Crippen LogP contribution is -2.54. The number of hydrogen-bond acceptors (Lipinski definition) is 5. The summed E-state index contributed by atoms with van der Waals surface area (Å²) >= 11 is 6.87. The molecule has 200 valence electrons. The zero-order valence-electron chi connectivity index (χ0n) is 21.6. The van der Waals surface area contributed by atoms with E-state index < -0.39 is 17.8 Å². The maximum Gasteiger partial charge on any atom is 0.335 e. The van der Waals surface area contributed by atoms with Crippen LogP contribution in [0.4, 0.5) is 16.2 Å². The fourth-order valence-corrected chi connectivity index (χ4v) is 5.33. The molecule has 1 fully saturated rings. The van der Waals surface area contributed by atoms with Gasteiger partial charge in [0, 0.05) is 5.69 Å². The standard InChI is InChI=1S/C29H25Br2N3O5/c1-15-5-7-20(9-17(15)3)32-25(35)14-39-26-23(30)12-19(13-24(26)31)11-22-27(36)33-29(38)34(28(22)37)21-8-6-16(2)18(4)10-21/h5-13H,14H2,1-4H3,(H,32,35)(H,33,36,38)/b22-11-. The molecule has 39 heavy (non-hydrogen) atoms. The quantitative estimate of drug-likeness (QED) is 0.246. The van der Waals surface area contributed by atoms with E-state index in [0.29, 0.717) is 31.6 Å². The molecule has 4 rings (SSSR count). The van der Waals surface area contributed by atoms with E-state index in [0.717, 1.165) is 27.2 Å². The van der Waals surface area contributed by atoms with Crippen LogP contribution in [0.1, 0.15) is 27.8 Å². The van der Waals surface area contributed by atoms with E-state index in [1.807, 2.05) is 45.9 Å².